The fraction of sp³-hybridized carbons (Fsp3) is 0.714. The summed E-state index contributed by atoms with van der Waals surface area (Å²) in [7, 11) is 3.76. The SMILES string of the molecule is CN(C)CCNc1nc(NC[C@@H]2CCCO2)cc(C(F)(F)F)n1. The van der Waals surface area contributed by atoms with Gasteiger partial charge >= 0.3 is 6.18 Å². The van der Waals surface area contributed by atoms with E-state index in [1.165, 1.54) is 0 Å². The molecule has 2 rings (SSSR count). The van der Waals surface area contributed by atoms with E-state index in [-0.39, 0.29) is 17.9 Å². The largest absolute Gasteiger partial charge is 0.433 e. The van der Waals surface area contributed by atoms with Gasteiger partial charge in [-0.1, -0.05) is 0 Å². The number of ether oxygens (including phenoxy) is 1. The van der Waals surface area contributed by atoms with Crippen molar-refractivity contribution in [3.8, 4) is 0 Å². The molecule has 0 aromatic carbocycles. The number of anilines is 2. The van der Waals surface area contributed by atoms with Crippen LogP contribution in [0, 0.1) is 0 Å². The van der Waals surface area contributed by atoms with Crippen molar-refractivity contribution in [1.29, 1.82) is 0 Å². The lowest BCUT2D eigenvalue weighted by Gasteiger charge is -2.15. The van der Waals surface area contributed by atoms with Gasteiger partial charge in [-0.3, -0.25) is 0 Å². The van der Waals surface area contributed by atoms with Crippen molar-refractivity contribution in [1.82, 2.24) is 14.9 Å². The normalized spacial score (nSPS) is 18.4. The smallest absolute Gasteiger partial charge is 0.376 e. The molecule has 2 heterocycles. The maximum Gasteiger partial charge on any atom is 0.433 e. The Bertz CT molecular complexity index is 504. The Morgan fingerprint density at radius 1 is 1.30 bits per heavy atom. The Morgan fingerprint density at radius 3 is 2.70 bits per heavy atom. The van der Waals surface area contributed by atoms with Crippen LogP contribution < -0.4 is 10.6 Å². The molecule has 6 nitrogen and oxygen atoms in total. The van der Waals surface area contributed by atoms with Crippen molar-refractivity contribution in [2.75, 3.05) is 51.0 Å². The Balaban J connectivity index is 2.05. The standard InChI is InChI=1S/C14H22F3N5O/c1-22(2)6-5-18-13-20-11(14(15,16)17)8-12(21-13)19-9-10-4-3-7-23-10/h8,10H,3-7,9H2,1-2H3,(H2,18,19,20,21)/t10-/m0/s1. The van der Waals surface area contributed by atoms with Crippen LogP contribution in [-0.4, -0.2) is 61.3 Å². The summed E-state index contributed by atoms with van der Waals surface area (Å²) in [6, 6.07) is 0.923. The molecule has 0 spiro atoms. The third-order valence-corrected chi connectivity index (χ3v) is 3.39. The molecule has 2 N–H and O–H groups in total. The van der Waals surface area contributed by atoms with E-state index in [2.05, 4.69) is 20.6 Å². The first-order chi connectivity index (χ1) is 10.8. The Labute approximate surface area is 133 Å². The summed E-state index contributed by atoms with van der Waals surface area (Å²) in [5.41, 5.74) is -0.963. The summed E-state index contributed by atoms with van der Waals surface area (Å²) in [6.45, 7) is 2.25. The molecule has 23 heavy (non-hydrogen) atoms. The minimum Gasteiger partial charge on any atom is -0.376 e. The number of hydrogen-bond acceptors (Lipinski definition) is 6. The monoisotopic (exact) mass is 333 g/mol. The van der Waals surface area contributed by atoms with E-state index < -0.39 is 11.9 Å². The van der Waals surface area contributed by atoms with Crippen molar-refractivity contribution < 1.29 is 17.9 Å². The summed E-state index contributed by atoms with van der Waals surface area (Å²) in [5, 5.41) is 5.73. The molecule has 130 valence electrons. The minimum atomic E-state index is -4.51. The van der Waals surface area contributed by atoms with Crippen LogP contribution in [0.3, 0.4) is 0 Å². The number of halogens is 3. The Kier molecular flexibility index (Phi) is 6.00. The van der Waals surface area contributed by atoms with Gasteiger partial charge in [0.15, 0.2) is 5.69 Å². The Morgan fingerprint density at radius 2 is 2.09 bits per heavy atom. The van der Waals surface area contributed by atoms with Crippen LogP contribution in [0.4, 0.5) is 24.9 Å². The van der Waals surface area contributed by atoms with Crippen LogP contribution in [-0.2, 0) is 10.9 Å². The molecule has 1 atom stereocenters. The van der Waals surface area contributed by atoms with Gasteiger partial charge in [0.1, 0.15) is 5.82 Å². The van der Waals surface area contributed by atoms with Crippen LogP contribution in [0.25, 0.3) is 0 Å². The molecule has 9 heteroatoms. The molecule has 0 bridgehead atoms. The fourth-order valence-electron chi connectivity index (χ4n) is 2.18. The highest BCUT2D eigenvalue weighted by Gasteiger charge is 2.33. The second kappa shape index (κ2) is 7.78. The number of likely N-dealkylation sites (N-methyl/N-ethyl adjacent to an activating group) is 1. The molecule has 0 amide bonds. The second-order valence-electron chi connectivity index (χ2n) is 5.71. The lowest BCUT2D eigenvalue weighted by Crippen LogP contribution is -2.23. The van der Waals surface area contributed by atoms with Gasteiger partial charge in [0, 0.05) is 32.3 Å². The molecular formula is C14H22F3N5O. The predicted molar refractivity (Wildman–Crippen MR) is 81.5 cm³/mol. The van der Waals surface area contributed by atoms with Gasteiger partial charge in [0.25, 0.3) is 0 Å². The number of nitrogens with zero attached hydrogens (tertiary/aromatic N) is 3. The molecule has 1 aromatic heterocycles. The fourth-order valence-corrected chi connectivity index (χ4v) is 2.18. The highest BCUT2D eigenvalue weighted by atomic mass is 19.4. The van der Waals surface area contributed by atoms with Gasteiger partial charge in [-0.15, -0.1) is 0 Å². The number of aromatic nitrogens is 2. The van der Waals surface area contributed by atoms with Crippen molar-refractivity contribution in [2.24, 2.45) is 0 Å². The minimum absolute atomic E-state index is 0.0180. The molecular weight excluding hydrogens is 311 g/mol. The molecule has 1 aromatic rings. The van der Waals surface area contributed by atoms with Crippen LogP contribution in [0.2, 0.25) is 0 Å². The van der Waals surface area contributed by atoms with Crippen molar-refractivity contribution in [3.05, 3.63) is 11.8 Å². The van der Waals surface area contributed by atoms with Gasteiger partial charge in [-0.05, 0) is 26.9 Å². The molecule has 0 unspecified atom stereocenters. The molecule has 1 fully saturated rings. The van der Waals surface area contributed by atoms with Crippen LogP contribution in [0.1, 0.15) is 18.5 Å². The zero-order valence-electron chi connectivity index (χ0n) is 13.3. The average Bonchev–Trinajstić information content (AvgIpc) is 2.97. The maximum atomic E-state index is 13.0. The van der Waals surface area contributed by atoms with Crippen molar-refractivity contribution in [2.45, 2.75) is 25.1 Å². The number of nitrogens with one attached hydrogen (secondary N) is 2. The topological polar surface area (TPSA) is 62.3 Å². The van der Waals surface area contributed by atoms with Gasteiger partial charge in [-0.2, -0.15) is 18.2 Å². The number of alkyl halides is 3. The first-order valence-corrected chi connectivity index (χ1v) is 7.55. The molecule has 1 aliphatic heterocycles. The third-order valence-electron chi connectivity index (χ3n) is 3.39. The highest BCUT2D eigenvalue weighted by molar-refractivity contribution is 5.43. The van der Waals surface area contributed by atoms with Gasteiger partial charge in [0.2, 0.25) is 5.95 Å². The van der Waals surface area contributed by atoms with Crippen LogP contribution in [0.5, 0.6) is 0 Å². The molecule has 0 radical (unpaired) electrons. The van der Waals surface area contributed by atoms with Gasteiger partial charge < -0.3 is 20.3 Å². The summed E-state index contributed by atoms with van der Waals surface area (Å²) >= 11 is 0. The third kappa shape index (κ3) is 5.83. The summed E-state index contributed by atoms with van der Waals surface area (Å²) in [5.74, 6) is 0.117. The average molecular weight is 333 g/mol. The zero-order chi connectivity index (χ0) is 16.9. The molecule has 0 saturated carbocycles. The summed E-state index contributed by atoms with van der Waals surface area (Å²) < 4.78 is 44.3. The summed E-state index contributed by atoms with van der Waals surface area (Å²) in [6.07, 6.45) is -2.62. The Hall–Kier alpha value is -1.61. The predicted octanol–water partition coefficient (Wildman–Crippen LogP) is 2.06. The van der Waals surface area contributed by atoms with E-state index in [9.17, 15) is 13.2 Å². The van der Waals surface area contributed by atoms with E-state index in [0.717, 1.165) is 18.9 Å². The first-order valence-electron chi connectivity index (χ1n) is 7.55. The lowest BCUT2D eigenvalue weighted by atomic mass is 10.2. The highest BCUT2D eigenvalue weighted by Crippen LogP contribution is 2.29. The van der Waals surface area contributed by atoms with Crippen LogP contribution in [0.15, 0.2) is 6.07 Å². The second-order valence-corrected chi connectivity index (χ2v) is 5.71. The van der Waals surface area contributed by atoms with Crippen molar-refractivity contribution >= 4 is 11.8 Å². The quantitative estimate of drug-likeness (QED) is 0.796. The van der Waals surface area contributed by atoms with E-state index in [1.54, 1.807) is 0 Å². The van der Waals surface area contributed by atoms with E-state index in [4.69, 9.17) is 4.74 Å². The molecule has 1 aliphatic rings. The van der Waals surface area contributed by atoms with Gasteiger partial charge in [0.05, 0.1) is 6.10 Å². The maximum absolute atomic E-state index is 13.0. The summed E-state index contributed by atoms with van der Waals surface area (Å²) in [4.78, 5) is 9.56. The van der Waals surface area contributed by atoms with Crippen LogP contribution >= 0.6 is 0 Å². The molecule has 0 aliphatic carbocycles. The van der Waals surface area contributed by atoms with Crippen molar-refractivity contribution in [3.63, 3.8) is 0 Å². The first kappa shape index (κ1) is 17.7. The number of hydrogen-bond donors (Lipinski definition) is 2. The van der Waals surface area contributed by atoms with E-state index in [0.29, 0.717) is 26.2 Å². The van der Waals surface area contributed by atoms with Gasteiger partial charge in [-0.25, -0.2) is 4.98 Å². The zero-order valence-corrected chi connectivity index (χ0v) is 13.3. The molecule has 1 saturated heterocycles. The van der Waals surface area contributed by atoms with E-state index >= 15 is 0 Å². The number of rotatable bonds is 7. The lowest BCUT2D eigenvalue weighted by molar-refractivity contribution is -0.141. The van der Waals surface area contributed by atoms with E-state index in [1.807, 2.05) is 19.0 Å².